The van der Waals surface area contributed by atoms with Crippen LogP contribution < -0.4 is 10.6 Å². The van der Waals surface area contributed by atoms with E-state index < -0.39 is 12.1 Å². The minimum atomic E-state index is -0.866. The molecule has 5 heteroatoms. The summed E-state index contributed by atoms with van der Waals surface area (Å²) in [5.41, 5.74) is 0. The van der Waals surface area contributed by atoms with Crippen molar-refractivity contribution in [1.82, 2.24) is 10.6 Å². The van der Waals surface area contributed by atoms with Crippen LogP contribution in [0.4, 0.5) is 0 Å². The van der Waals surface area contributed by atoms with Crippen molar-refractivity contribution >= 4 is 11.8 Å². The van der Waals surface area contributed by atoms with E-state index in [-0.39, 0.29) is 23.8 Å². The van der Waals surface area contributed by atoms with E-state index in [4.69, 9.17) is 0 Å². The number of amides is 2. The third-order valence-corrected chi connectivity index (χ3v) is 6.55. The fourth-order valence-electron chi connectivity index (χ4n) is 5.44. The molecule has 0 aromatic heterocycles. The molecule has 5 fully saturated rings. The summed E-state index contributed by atoms with van der Waals surface area (Å²) >= 11 is 0. The van der Waals surface area contributed by atoms with Gasteiger partial charge in [0.25, 0.3) is 0 Å². The predicted molar refractivity (Wildman–Crippen MR) is 85.3 cm³/mol. The molecule has 23 heavy (non-hydrogen) atoms. The Hall–Kier alpha value is -1.10. The van der Waals surface area contributed by atoms with E-state index in [0.29, 0.717) is 11.8 Å². The SMILES string of the molecule is C[C@H](O)[C@@H](NC(=O)C1CC1)C(=O)NC1C2CC3CC(C2)CC1C3. The molecule has 5 aliphatic rings. The van der Waals surface area contributed by atoms with Crippen molar-refractivity contribution in [2.75, 3.05) is 0 Å². The van der Waals surface area contributed by atoms with Crippen LogP contribution in [-0.2, 0) is 9.59 Å². The molecule has 0 heterocycles. The van der Waals surface area contributed by atoms with E-state index in [1.54, 1.807) is 6.92 Å². The number of rotatable bonds is 5. The van der Waals surface area contributed by atoms with Crippen LogP contribution >= 0.6 is 0 Å². The van der Waals surface area contributed by atoms with E-state index in [2.05, 4.69) is 10.6 Å². The van der Waals surface area contributed by atoms with Gasteiger partial charge >= 0.3 is 0 Å². The molecular weight excluding hydrogens is 292 g/mol. The summed E-state index contributed by atoms with van der Waals surface area (Å²) in [6.07, 6.45) is 7.29. The highest BCUT2D eigenvalue weighted by Gasteiger charge is 2.49. The van der Waals surface area contributed by atoms with Gasteiger partial charge in [0.05, 0.1) is 6.10 Å². The fraction of sp³-hybridized carbons (Fsp3) is 0.889. The number of carbonyl (C=O) groups excluding carboxylic acids is 2. The van der Waals surface area contributed by atoms with Crippen molar-refractivity contribution in [2.24, 2.45) is 29.6 Å². The lowest BCUT2D eigenvalue weighted by Gasteiger charge is -2.54. The van der Waals surface area contributed by atoms with Gasteiger partial charge in [0, 0.05) is 12.0 Å². The Morgan fingerprint density at radius 3 is 2.04 bits per heavy atom. The van der Waals surface area contributed by atoms with Crippen molar-refractivity contribution < 1.29 is 14.7 Å². The molecule has 0 unspecified atom stereocenters. The molecule has 0 radical (unpaired) electrons. The lowest BCUT2D eigenvalue weighted by molar-refractivity contribution is -0.134. The summed E-state index contributed by atoms with van der Waals surface area (Å²) < 4.78 is 0. The molecule has 128 valence electrons. The van der Waals surface area contributed by atoms with Crippen molar-refractivity contribution in [3.8, 4) is 0 Å². The van der Waals surface area contributed by atoms with Crippen LogP contribution in [0.25, 0.3) is 0 Å². The summed E-state index contributed by atoms with van der Waals surface area (Å²) in [7, 11) is 0. The van der Waals surface area contributed by atoms with Gasteiger partial charge in [-0.15, -0.1) is 0 Å². The normalized spacial score (nSPS) is 40.5. The van der Waals surface area contributed by atoms with Crippen LogP contribution in [0.3, 0.4) is 0 Å². The Bertz CT molecular complexity index is 472. The quantitative estimate of drug-likeness (QED) is 0.712. The van der Waals surface area contributed by atoms with Crippen molar-refractivity contribution in [2.45, 2.75) is 70.1 Å². The highest BCUT2D eigenvalue weighted by Crippen LogP contribution is 2.53. The molecule has 0 aromatic carbocycles. The van der Waals surface area contributed by atoms with E-state index in [9.17, 15) is 14.7 Å². The van der Waals surface area contributed by atoms with Gasteiger partial charge < -0.3 is 15.7 Å². The second-order valence-electron chi connectivity index (χ2n) is 8.47. The minimum absolute atomic E-state index is 0.0465. The Morgan fingerprint density at radius 2 is 1.57 bits per heavy atom. The number of nitrogens with one attached hydrogen (secondary N) is 2. The molecule has 5 saturated carbocycles. The highest BCUT2D eigenvalue weighted by molar-refractivity contribution is 5.90. The summed E-state index contributed by atoms with van der Waals surface area (Å²) in [5.74, 6) is 2.70. The topological polar surface area (TPSA) is 78.4 Å². The van der Waals surface area contributed by atoms with Gasteiger partial charge in [0.2, 0.25) is 11.8 Å². The standard InChI is InChI=1S/C18H28N2O3/c1-9(21)15(19-17(22)12-2-3-12)18(23)20-16-13-5-10-4-11(7-13)8-14(16)6-10/h9-16,21H,2-8H2,1H3,(H,19,22)(H,20,23)/t9-,10?,11?,13?,14?,15+,16?/m0/s1. The Balaban J connectivity index is 1.40. The fourth-order valence-corrected chi connectivity index (χ4v) is 5.44. The van der Waals surface area contributed by atoms with Crippen LogP contribution in [0.5, 0.6) is 0 Å². The van der Waals surface area contributed by atoms with E-state index >= 15 is 0 Å². The maximum atomic E-state index is 12.7. The van der Waals surface area contributed by atoms with Gasteiger partial charge in [-0.25, -0.2) is 0 Å². The van der Waals surface area contributed by atoms with Crippen molar-refractivity contribution in [3.05, 3.63) is 0 Å². The summed E-state index contributed by atoms with van der Waals surface area (Å²) in [6, 6.07) is -0.574. The first-order valence-electron chi connectivity index (χ1n) is 9.30. The van der Waals surface area contributed by atoms with Crippen LogP contribution in [0.1, 0.15) is 51.9 Å². The monoisotopic (exact) mass is 320 g/mol. The lowest BCUT2D eigenvalue weighted by atomic mass is 9.54. The second kappa shape index (κ2) is 5.76. The minimum Gasteiger partial charge on any atom is -0.391 e. The molecule has 5 aliphatic carbocycles. The number of carbonyl (C=O) groups is 2. The molecule has 0 spiro atoms. The van der Waals surface area contributed by atoms with Crippen LogP contribution in [0.2, 0.25) is 0 Å². The molecule has 0 saturated heterocycles. The first-order valence-corrected chi connectivity index (χ1v) is 9.30. The number of aliphatic hydroxyl groups excluding tert-OH is 1. The Morgan fingerprint density at radius 1 is 1.00 bits per heavy atom. The highest BCUT2D eigenvalue weighted by atomic mass is 16.3. The molecule has 2 atom stereocenters. The summed E-state index contributed by atoms with van der Waals surface area (Å²) in [5, 5.41) is 15.9. The second-order valence-corrected chi connectivity index (χ2v) is 8.47. The largest absolute Gasteiger partial charge is 0.391 e. The molecule has 2 amide bonds. The van der Waals surface area contributed by atoms with Crippen LogP contribution in [0.15, 0.2) is 0 Å². The third-order valence-electron chi connectivity index (χ3n) is 6.55. The average molecular weight is 320 g/mol. The maximum Gasteiger partial charge on any atom is 0.245 e. The average Bonchev–Trinajstić information content (AvgIpc) is 3.31. The van der Waals surface area contributed by atoms with E-state index in [1.807, 2.05) is 0 Å². The van der Waals surface area contributed by atoms with Gasteiger partial charge in [-0.2, -0.15) is 0 Å². The van der Waals surface area contributed by atoms with Crippen molar-refractivity contribution in [1.29, 1.82) is 0 Å². The summed E-state index contributed by atoms with van der Waals surface area (Å²) in [6.45, 7) is 1.58. The zero-order valence-electron chi connectivity index (χ0n) is 13.8. The first kappa shape index (κ1) is 15.4. The number of hydrogen-bond acceptors (Lipinski definition) is 3. The molecule has 0 aliphatic heterocycles. The van der Waals surface area contributed by atoms with Gasteiger partial charge in [-0.3, -0.25) is 9.59 Å². The molecule has 5 nitrogen and oxygen atoms in total. The zero-order chi connectivity index (χ0) is 16.1. The van der Waals surface area contributed by atoms with Gasteiger partial charge in [-0.1, -0.05) is 0 Å². The lowest BCUT2D eigenvalue weighted by Crippen LogP contribution is -2.60. The van der Waals surface area contributed by atoms with Gasteiger partial charge in [0.15, 0.2) is 0 Å². The van der Waals surface area contributed by atoms with E-state index in [1.165, 1.54) is 32.1 Å². The smallest absolute Gasteiger partial charge is 0.245 e. The summed E-state index contributed by atoms with van der Waals surface area (Å²) in [4.78, 5) is 24.6. The Labute approximate surface area is 137 Å². The van der Waals surface area contributed by atoms with Crippen molar-refractivity contribution in [3.63, 3.8) is 0 Å². The zero-order valence-corrected chi connectivity index (χ0v) is 13.8. The molecule has 0 aromatic rings. The van der Waals surface area contributed by atoms with Crippen LogP contribution in [-0.4, -0.2) is 35.1 Å². The number of aliphatic hydroxyl groups is 1. The van der Waals surface area contributed by atoms with Gasteiger partial charge in [-0.05, 0) is 75.5 Å². The molecular formula is C18H28N2O3. The number of hydrogen-bond donors (Lipinski definition) is 3. The van der Waals surface area contributed by atoms with Gasteiger partial charge in [0.1, 0.15) is 6.04 Å². The molecule has 3 N–H and O–H groups in total. The molecule has 4 bridgehead atoms. The Kier molecular flexibility index (Phi) is 3.87. The first-order chi connectivity index (χ1) is 11.0. The molecule has 5 rings (SSSR count). The van der Waals surface area contributed by atoms with E-state index in [0.717, 1.165) is 24.7 Å². The predicted octanol–water partition coefficient (Wildman–Crippen LogP) is 1.20. The van der Waals surface area contributed by atoms with Crippen LogP contribution in [0, 0.1) is 29.6 Å². The third kappa shape index (κ3) is 3.00. The maximum absolute atomic E-state index is 12.7.